The van der Waals surface area contributed by atoms with Gasteiger partial charge in [-0.3, -0.25) is 0 Å². The van der Waals surface area contributed by atoms with Crippen LogP contribution in [0.15, 0.2) is 24.3 Å². The third kappa shape index (κ3) is 5.38. The Labute approximate surface area is 132 Å². The Hall–Kier alpha value is -2.06. The standard InChI is InChI=1S/C17H25N3O2/c1-12(2)9-15(10-21)20-16(22)19-14-7-5-13(6-8-14)17(3,4)11-18/h5-8,12,15,21H,9-10H2,1-4H3,(H2,19,20,22)/t15-/m1/s1. The molecule has 5 heteroatoms. The predicted molar refractivity (Wildman–Crippen MR) is 87.6 cm³/mol. The normalized spacial score (nSPS) is 12.6. The second kappa shape index (κ2) is 7.81. The van der Waals surface area contributed by atoms with E-state index in [1.54, 1.807) is 12.1 Å². The molecule has 0 saturated carbocycles. The molecule has 22 heavy (non-hydrogen) atoms. The average Bonchev–Trinajstić information content (AvgIpc) is 2.46. The summed E-state index contributed by atoms with van der Waals surface area (Å²) in [5.41, 5.74) is 0.991. The van der Waals surface area contributed by atoms with Crippen LogP contribution in [0.5, 0.6) is 0 Å². The molecule has 0 aliphatic heterocycles. The van der Waals surface area contributed by atoms with Gasteiger partial charge in [0.05, 0.1) is 24.1 Å². The van der Waals surface area contributed by atoms with Crippen LogP contribution in [0.3, 0.4) is 0 Å². The zero-order chi connectivity index (χ0) is 16.8. The lowest BCUT2D eigenvalue weighted by Crippen LogP contribution is -2.40. The molecule has 0 unspecified atom stereocenters. The first-order valence-electron chi connectivity index (χ1n) is 7.48. The molecule has 1 rings (SSSR count). The molecule has 2 amide bonds. The quantitative estimate of drug-likeness (QED) is 0.755. The van der Waals surface area contributed by atoms with Crippen LogP contribution in [0.4, 0.5) is 10.5 Å². The number of amides is 2. The number of nitriles is 1. The zero-order valence-corrected chi connectivity index (χ0v) is 13.7. The van der Waals surface area contributed by atoms with Crippen LogP contribution in [-0.2, 0) is 5.41 Å². The van der Waals surface area contributed by atoms with Gasteiger partial charge in [0.1, 0.15) is 0 Å². The molecule has 0 saturated heterocycles. The number of hydrogen-bond acceptors (Lipinski definition) is 3. The molecule has 0 spiro atoms. The number of nitrogens with zero attached hydrogens (tertiary/aromatic N) is 1. The fourth-order valence-corrected chi connectivity index (χ4v) is 2.14. The summed E-state index contributed by atoms with van der Waals surface area (Å²) in [6.45, 7) is 7.69. The minimum Gasteiger partial charge on any atom is -0.394 e. The number of urea groups is 1. The second-order valence-electron chi connectivity index (χ2n) is 6.42. The molecule has 5 nitrogen and oxygen atoms in total. The van der Waals surface area contributed by atoms with Crippen LogP contribution in [0.25, 0.3) is 0 Å². The molecule has 120 valence electrons. The number of rotatable bonds is 6. The molecule has 3 N–H and O–H groups in total. The Morgan fingerprint density at radius 2 is 1.91 bits per heavy atom. The van der Waals surface area contributed by atoms with E-state index in [1.807, 2.05) is 39.8 Å². The van der Waals surface area contributed by atoms with Gasteiger partial charge in [-0.1, -0.05) is 26.0 Å². The summed E-state index contributed by atoms with van der Waals surface area (Å²) in [6.07, 6.45) is 0.721. The Morgan fingerprint density at radius 3 is 2.36 bits per heavy atom. The molecule has 0 heterocycles. The lowest BCUT2D eigenvalue weighted by molar-refractivity contribution is 0.214. The largest absolute Gasteiger partial charge is 0.394 e. The highest BCUT2D eigenvalue weighted by atomic mass is 16.3. The van der Waals surface area contributed by atoms with E-state index in [0.29, 0.717) is 11.6 Å². The van der Waals surface area contributed by atoms with Crippen molar-refractivity contribution in [3.05, 3.63) is 29.8 Å². The van der Waals surface area contributed by atoms with Crippen molar-refractivity contribution in [2.45, 2.75) is 45.6 Å². The van der Waals surface area contributed by atoms with E-state index in [-0.39, 0.29) is 18.7 Å². The van der Waals surface area contributed by atoms with Crippen molar-refractivity contribution >= 4 is 11.7 Å². The third-order valence-electron chi connectivity index (χ3n) is 3.46. The Bertz CT molecular complexity index is 530. The van der Waals surface area contributed by atoms with Crippen molar-refractivity contribution in [2.24, 2.45) is 5.92 Å². The summed E-state index contributed by atoms with van der Waals surface area (Å²) >= 11 is 0. The summed E-state index contributed by atoms with van der Waals surface area (Å²) in [5, 5.41) is 23.9. The van der Waals surface area contributed by atoms with Gasteiger partial charge >= 0.3 is 6.03 Å². The number of nitrogens with one attached hydrogen (secondary N) is 2. The Balaban J connectivity index is 2.64. The smallest absolute Gasteiger partial charge is 0.319 e. The summed E-state index contributed by atoms with van der Waals surface area (Å²) in [5.74, 6) is 0.393. The molecule has 0 bridgehead atoms. The van der Waals surface area contributed by atoms with E-state index >= 15 is 0 Å². The fraction of sp³-hybridized carbons (Fsp3) is 0.529. The molecular formula is C17H25N3O2. The lowest BCUT2D eigenvalue weighted by atomic mass is 9.86. The SMILES string of the molecule is CC(C)C[C@H](CO)NC(=O)Nc1ccc(C(C)(C)C#N)cc1. The molecule has 1 aromatic carbocycles. The lowest BCUT2D eigenvalue weighted by Gasteiger charge is -2.19. The molecule has 0 fully saturated rings. The Kier molecular flexibility index (Phi) is 6.39. The number of benzene rings is 1. The van der Waals surface area contributed by atoms with Gasteiger partial charge in [0.2, 0.25) is 0 Å². The fourth-order valence-electron chi connectivity index (χ4n) is 2.14. The van der Waals surface area contributed by atoms with Gasteiger partial charge in [0.25, 0.3) is 0 Å². The van der Waals surface area contributed by atoms with Gasteiger partial charge in [0, 0.05) is 5.69 Å². The van der Waals surface area contributed by atoms with E-state index < -0.39 is 5.41 Å². The number of aliphatic hydroxyl groups excluding tert-OH is 1. The van der Waals surface area contributed by atoms with Crippen LogP contribution in [0, 0.1) is 17.2 Å². The van der Waals surface area contributed by atoms with Gasteiger partial charge in [0.15, 0.2) is 0 Å². The van der Waals surface area contributed by atoms with Crippen molar-refractivity contribution in [1.29, 1.82) is 5.26 Å². The summed E-state index contributed by atoms with van der Waals surface area (Å²) < 4.78 is 0. The Morgan fingerprint density at radius 1 is 1.32 bits per heavy atom. The molecule has 0 aromatic heterocycles. The van der Waals surface area contributed by atoms with Gasteiger partial charge in [-0.15, -0.1) is 0 Å². The highest BCUT2D eigenvalue weighted by Gasteiger charge is 2.19. The molecule has 0 aliphatic rings. The maximum atomic E-state index is 11.9. The van der Waals surface area contributed by atoms with Crippen molar-refractivity contribution < 1.29 is 9.90 Å². The number of carbonyl (C=O) groups is 1. The van der Waals surface area contributed by atoms with Gasteiger partial charge in [-0.25, -0.2) is 4.79 Å². The molecule has 1 aromatic rings. The summed E-state index contributed by atoms with van der Waals surface area (Å²) in [6, 6.07) is 8.84. The van der Waals surface area contributed by atoms with E-state index in [4.69, 9.17) is 5.26 Å². The first-order valence-corrected chi connectivity index (χ1v) is 7.48. The number of carbonyl (C=O) groups excluding carboxylic acids is 1. The molecular weight excluding hydrogens is 278 g/mol. The molecule has 0 aliphatic carbocycles. The van der Waals surface area contributed by atoms with Crippen LogP contribution in [0.1, 0.15) is 39.7 Å². The van der Waals surface area contributed by atoms with Gasteiger partial charge < -0.3 is 15.7 Å². The number of anilines is 1. The zero-order valence-electron chi connectivity index (χ0n) is 13.7. The van der Waals surface area contributed by atoms with E-state index in [0.717, 1.165) is 12.0 Å². The third-order valence-corrected chi connectivity index (χ3v) is 3.46. The monoisotopic (exact) mass is 303 g/mol. The van der Waals surface area contributed by atoms with Gasteiger partial charge in [-0.2, -0.15) is 5.26 Å². The van der Waals surface area contributed by atoms with Crippen LogP contribution in [0.2, 0.25) is 0 Å². The van der Waals surface area contributed by atoms with E-state index in [2.05, 4.69) is 16.7 Å². The van der Waals surface area contributed by atoms with Crippen molar-refractivity contribution in [3.63, 3.8) is 0 Å². The van der Waals surface area contributed by atoms with Crippen molar-refractivity contribution in [1.82, 2.24) is 5.32 Å². The average molecular weight is 303 g/mol. The van der Waals surface area contributed by atoms with Crippen LogP contribution in [-0.4, -0.2) is 23.8 Å². The highest BCUT2D eigenvalue weighted by Crippen LogP contribution is 2.23. The topological polar surface area (TPSA) is 85.2 Å². The number of hydrogen-bond donors (Lipinski definition) is 3. The maximum absolute atomic E-state index is 11.9. The predicted octanol–water partition coefficient (Wildman–Crippen LogP) is 3.02. The van der Waals surface area contributed by atoms with Gasteiger partial charge in [-0.05, 0) is 43.9 Å². The first kappa shape index (κ1) is 18.0. The first-order chi connectivity index (χ1) is 10.3. The van der Waals surface area contributed by atoms with E-state index in [1.165, 1.54) is 0 Å². The molecule has 0 radical (unpaired) electrons. The van der Waals surface area contributed by atoms with Crippen LogP contribution >= 0.6 is 0 Å². The molecule has 1 atom stereocenters. The van der Waals surface area contributed by atoms with E-state index in [9.17, 15) is 9.90 Å². The number of aliphatic hydroxyl groups is 1. The highest BCUT2D eigenvalue weighted by molar-refractivity contribution is 5.89. The summed E-state index contributed by atoms with van der Waals surface area (Å²) in [7, 11) is 0. The minimum atomic E-state index is -0.556. The summed E-state index contributed by atoms with van der Waals surface area (Å²) in [4.78, 5) is 11.9. The van der Waals surface area contributed by atoms with Crippen molar-refractivity contribution in [2.75, 3.05) is 11.9 Å². The minimum absolute atomic E-state index is 0.0824. The van der Waals surface area contributed by atoms with Crippen molar-refractivity contribution in [3.8, 4) is 6.07 Å². The van der Waals surface area contributed by atoms with Crippen LogP contribution < -0.4 is 10.6 Å². The maximum Gasteiger partial charge on any atom is 0.319 e. The second-order valence-corrected chi connectivity index (χ2v) is 6.42.